The van der Waals surface area contributed by atoms with Crippen LogP contribution >= 0.6 is 0 Å². The molecule has 2 N–H and O–H groups in total. The molecule has 1 aromatic carbocycles. The van der Waals surface area contributed by atoms with E-state index in [9.17, 15) is 24.6 Å². The lowest BCUT2D eigenvalue weighted by Gasteiger charge is -2.14. The Morgan fingerprint density at radius 2 is 1.91 bits per heavy atom. The maximum Gasteiger partial charge on any atom is 0.336 e. The molecule has 0 bridgehead atoms. The number of ether oxygens (including phenoxy) is 1. The number of pyridine rings is 1. The van der Waals surface area contributed by atoms with Crippen LogP contribution in [-0.2, 0) is 22.7 Å². The lowest BCUT2D eigenvalue weighted by atomic mass is 10.1. The Labute approximate surface area is 131 Å². The average molecular weight is 317 g/mol. The van der Waals surface area contributed by atoms with Gasteiger partial charge in [0.15, 0.2) is 0 Å². The van der Waals surface area contributed by atoms with Crippen LogP contribution in [-0.4, -0.2) is 26.7 Å². The zero-order valence-corrected chi connectivity index (χ0v) is 12.4. The van der Waals surface area contributed by atoms with Gasteiger partial charge in [-0.3, -0.25) is 9.59 Å². The van der Waals surface area contributed by atoms with E-state index in [1.807, 2.05) is 0 Å². The average Bonchev–Trinajstić information content (AvgIpc) is 2.48. The number of carbonyl (C=O) groups excluding carboxylic acids is 1. The molecule has 23 heavy (non-hydrogen) atoms. The molecule has 0 spiro atoms. The fourth-order valence-electron chi connectivity index (χ4n) is 2.15. The molecule has 0 radical (unpaired) electrons. The smallest absolute Gasteiger partial charge is 0.336 e. The van der Waals surface area contributed by atoms with Crippen molar-refractivity contribution in [2.75, 3.05) is 0 Å². The normalized spacial score (nSPS) is 10.3. The van der Waals surface area contributed by atoms with Gasteiger partial charge in [-0.05, 0) is 11.6 Å². The first-order chi connectivity index (χ1) is 10.9. The van der Waals surface area contributed by atoms with E-state index in [0.29, 0.717) is 5.56 Å². The highest BCUT2D eigenvalue weighted by atomic mass is 16.5. The van der Waals surface area contributed by atoms with Gasteiger partial charge >= 0.3 is 11.9 Å². The molecule has 1 heterocycles. The van der Waals surface area contributed by atoms with Gasteiger partial charge in [0.25, 0.3) is 5.56 Å². The Hall–Kier alpha value is -3.09. The van der Waals surface area contributed by atoms with Crippen LogP contribution in [0.3, 0.4) is 0 Å². The molecule has 0 fully saturated rings. The Bertz CT molecular complexity index is 808. The van der Waals surface area contributed by atoms with Crippen LogP contribution < -0.4 is 5.56 Å². The van der Waals surface area contributed by atoms with Crippen molar-refractivity contribution in [3.8, 4) is 5.75 Å². The van der Waals surface area contributed by atoms with E-state index in [0.717, 1.165) is 6.07 Å². The number of carboxylic acids is 1. The molecule has 7 nitrogen and oxygen atoms in total. The molecule has 0 unspecified atom stereocenters. The number of carbonyl (C=O) groups is 2. The second-order valence-electron chi connectivity index (χ2n) is 4.87. The van der Waals surface area contributed by atoms with Gasteiger partial charge in [-0.25, -0.2) is 4.79 Å². The molecule has 0 aliphatic heterocycles. The van der Waals surface area contributed by atoms with E-state index in [2.05, 4.69) is 0 Å². The molecule has 0 saturated carbocycles. The molecular formula is C16H15NO6. The minimum atomic E-state index is -1.10. The summed E-state index contributed by atoms with van der Waals surface area (Å²) in [5.74, 6) is -1.88. The van der Waals surface area contributed by atoms with Crippen molar-refractivity contribution in [1.29, 1.82) is 0 Å². The van der Waals surface area contributed by atoms with E-state index >= 15 is 0 Å². The Morgan fingerprint density at radius 1 is 1.22 bits per heavy atom. The highest BCUT2D eigenvalue weighted by Gasteiger charge is 2.13. The number of esters is 1. The highest BCUT2D eigenvalue weighted by molar-refractivity contribution is 5.89. The Morgan fingerprint density at radius 3 is 2.57 bits per heavy atom. The first-order valence-corrected chi connectivity index (χ1v) is 6.75. The third-order valence-corrected chi connectivity index (χ3v) is 3.20. The molecule has 0 aliphatic carbocycles. The lowest BCUT2D eigenvalue weighted by Crippen LogP contribution is -2.25. The summed E-state index contributed by atoms with van der Waals surface area (Å²) in [6.45, 7) is 1.01. The van der Waals surface area contributed by atoms with Crippen LogP contribution in [0.4, 0.5) is 0 Å². The van der Waals surface area contributed by atoms with E-state index in [1.165, 1.54) is 23.6 Å². The molecule has 0 amide bonds. The Kier molecular flexibility index (Phi) is 4.80. The zero-order valence-electron chi connectivity index (χ0n) is 12.4. The number of aromatic hydroxyl groups is 1. The minimum absolute atomic E-state index is 0.0157. The standard InChI is InChI=1S/C16H15NO6/c1-10(18)23-9-12-6-13(19)7-15(20)17(12)8-11-4-2-3-5-14(11)16(21)22/h2-7,19H,8-9H2,1H3,(H,21,22). The SMILES string of the molecule is CC(=O)OCc1cc(O)cc(=O)n1Cc1ccccc1C(=O)O. The van der Waals surface area contributed by atoms with Crippen molar-refractivity contribution >= 4 is 11.9 Å². The molecule has 2 aromatic rings. The third-order valence-electron chi connectivity index (χ3n) is 3.20. The second-order valence-corrected chi connectivity index (χ2v) is 4.87. The first-order valence-electron chi connectivity index (χ1n) is 6.75. The monoisotopic (exact) mass is 317 g/mol. The van der Waals surface area contributed by atoms with Crippen molar-refractivity contribution < 1.29 is 24.5 Å². The molecule has 120 valence electrons. The summed E-state index contributed by atoms with van der Waals surface area (Å²) in [6, 6.07) is 8.60. The van der Waals surface area contributed by atoms with Crippen molar-refractivity contribution in [2.24, 2.45) is 0 Å². The summed E-state index contributed by atoms with van der Waals surface area (Å²) in [7, 11) is 0. The predicted molar refractivity (Wildman–Crippen MR) is 80.3 cm³/mol. The van der Waals surface area contributed by atoms with E-state index in [-0.39, 0.29) is 30.2 Å². The lowest BCUT2D eigenvalue weighted by molar-refractivity contribution is -0.142. The first kappa shape index (κ1) is 16.3. The number of benzene rings is 1. The Balaban J connectivity index is 2.45. The summed E-state index contributed by atoms with van der Waals surface area (Å²) in [5, 5.41) is 18.8. The van der Waals surface area contributed by atoms with E-state index in [4.69, 9.17) is 4.74 Å². The van der Waals surface area contributed by atoms with Crippen molar-refractivity contribution in [3.05, 3.63) is 63.6 Å². The molecule has 0 aliphatic rings. The largest absolute Gasteiger partial charge is 0.508 e. The second kappa shape index (κ2) is 6.78. The van der Waals surface area contributed by atoms with Gasteiger partial charge in [0.1, 0.15) is 12.4 Å². The fourth-order valence-corrected chi connectivity index (χ4v) is 2.15. The zero-order chi connectivity index (χ0) is 17.0. The van der Waals surface area contributed by atoms with Gasteiger partial charge in [-0.1, -0.05) is 18.2 Å². The van der Waals surface area contributed by atoms with Gasteiger partial charge in [0.05, 0.1) is 17.8 Å². The molecule has 1 aromatic heterocycles. The summed E-state index contributed by atoms with van der Waals surface area (Å²) in [4.78, 5) is 34.3. The number of hydrogen-bond donors (Lipinski definition) is 2. The summed E-state index contributed by atoms with van der Waals surface area (Å²) < 4.78 is 6.12. The van der Waals surface area contributed by atoms with Crippen molar-refractivity contribution in [2.45, 2.75) is 20.1 Å². The van der Waals surface area contributed by atoms with Gasteiger partial charge in [0, 0.05) is 19.1 Å². The maximum absolute atomic E-state index is 12.1. The number of aromatic carboxylic acids is 1. The van der Waals surface area contributed by atoms with Gasteiger partial charge < -0.3 is 19.5 Å². The van der Waals surface area contributed by atoms with E-state index < -0.39 is 17.5 Å². The van der Waals surface area contributed by atoms with Crippen LogP contribution in [0.5, 0.6) is 5.75 Å². The number of nitrogens with zero attached hydrogens (tertiary/aromatic N) is 1. The van der Waals surface area contributed by atoms with Crippen molar-refractivity contribution in [3.63, 3.8) is 0 Å². The molecule has 0 saturated heterocycles. The molecule has 0 atom stereocenters. The molecule has 2 rings (SSSR count). The van der Waals surface area contributed by atoms with Crippen molar-refractivity contribution in [1.82, 2.24) is 4.57 Å². The van der Waals surface area contributed by atoms with E-state index in [1.54, 1.807) is 18.2 Å². The summed E-state index contributed by atoms with van der Waals surface area (Å²) >= 11 is 0. The number of aromatic nitrogens is 1. The topological polar surface area (TPSA) is 106 Å². The number of hydrogen-bond acceptors (Lipinski definition) is 5. The van der Waals surface area contributed by atoms with Crippen LogP contribution in [0.15, 0.2) is 41.2 Å². The van der Waals surface area contributed by atoms with Gasteiger partial charge in [0.2, 0.25) is 0 Å². The van der Waals surface area contributed by atoms with Crippen LogP contribution in [0.2, 0.25) is 0 Å². The minimum Gasteiger partial charge on any atom is -0.508 e. The quantitative estimate of drug-likeness (QED) is 0.807. The molecule has 7 heteroatoms. The van der Waals surface area contributed by atoms with Crippen LogP contribution in [0.1, 0.15) is 28.5 Å². The highest BCUT2D eigenvalue weighted by Crippen LogP contribution is 2.14. The summed E-state index contributed by atoms with van der Waals surface area (Å²) in [5.41, 5.74) is 0.250. The predicted octanol–water partition coefficient (Wildman–Crippen LogP) is 1.36. The van der Waals surface area contributed by atoms with Gasteiger partial charge in [-0.2, -0.15) is 0 Å². The third kappa shape index (κ3) is 3.97. The van der Waals surface area contributed by atoms with Crippen LogP contribution in [0, 0.1) is 0 Å². The van der Waals surface area contributed by atoms with Gasteiger partial charge in [-0.15, -0.1) is 0 Å². The van der Waals surface area contributed by atoms with Crippen LogP contribution in [0.25, 0.3) is 0 Å². The summed E-state index contributed by atoms with van der Waals surface area (Å²) in [6.07, 6.45) is 0. The molecular weight excluding hydrogens is 302 g/mol. The number of rotatable bonds is 5. The number of carboxylic acid groups (broad SMARTS) is 1. The maximum atomic E-state index is 12.1. The fraction of sp³-hybridized carbons (Fsp3) is 0.188.